The molecule has 0 saturated heterocycles. The van der Waals surface area contributed by atoms with Crippen LogP contribution in [0.15, 0.2) is 0 Å². The molecule has 0 amide bonds. The van der Waals surface area contributed by atoms with Crippen LogP contribution < -0.4 is 11.5 Å². The van der Waals surface area contributed by atoms with E-state index in [1.807, 2.05) is 0 Å². The summed E-state index contributed by atoms with van der Waals surface area (Å²) in [6, 6.07) is -0.197. The minimum Gasteiger partial charge on any atom is -0.329 e. The fraction of sp³-hybridized carbons (Fsp3) is 0.750. The minimum atomic E-state index is -0.197. The maximum atomic E-state index is 9.51. The van der Waals surface area contributed by atoms with Gasteiger partial charge in [-0.05, 0) is 0 Å². The largest absolute Gasteiger partial charge is 0.329 e. The Morgan fingerprint density at radius 1 is 1.71 bits per heavy atom. The van der Waals surface area contributed by atoms with E-state index in [1.54, 1.807) is 6.29 Å². The zero-order valence-electron chi connectivity index (χ0n) is 4.05. The lowest BCUT2D eigenvalue weighted by Crippen LogP contribution is -2.29. The summed E-state index contributed by atoms with van der Waals surface area (Å²) in [5.41, 5.74) is 10.3. The Hall–Kier alpha value is -0.410. The molecule has 0 spiro atoms. The van der Waals surface area contributed by atoms with Crippen LogP contribution in [0.5, 0.6) is 0 Å². The normalized spacial score (nSPS) is 13.4. The molecule has 0 saturated carbocycles. The maximum Gasteiger partial charge on any atom is 0.200 e. The predicted molar refractivity (Wildman–Crippen MR) is 27.3 cm³/mol. The molecule has 0 aromatic heterocycles. The van der Waals surface area contributed by atoms with Crippen molar-refractivity contribution in [2.24, 2.45) is 11.5 Å². The van der Waals surface area contributed by atoms with Crippen LogP contribution >= 0.6 is 0 Å². The van der Waals surface area contributed by atoms with E-state index in [0.29, 0.717) is 6.54 Å². The van der Waals surface area contributed by atoms with Gasteiger partial charge in [-0.25, -0.2) is 0 Å². The zero-order valence-corrected chi connectivity index (χ0v) is 4.05. The van der Waals surface area contributed by atoms with Crippen molar-refractivity contribution >= 4 is 6.29 Å². The fourth-order valence-electron chi connectivity index (χ4n) is 0.190. The minimum absolute atomic E-state index is 0.197. The van der Waals surface area contributed by atoms with E-state index in [4.69, 9.17) is 11.5 Å². The summed E-state index contributed by atoms with van der Waals surface area (Å²) in [5.74, 6) is 0. The van der Waals surface area contributed by atoms with Crippen LogP contribution in [0.3, 0.4) is 0 Å². The van der Waals surface area contributed by atoms with Gasteiger partial charge in [0.25, 0.3) is 0 Å². The summed E-state index contributed by atoms with van der Waals surface area (Å²) in [7, 11) is 0. The van der Waals surface area contributed by atoms with Crippen molar-refractivity contribution in [3.05, 3.63) is 0 Å². The van der Waals surface area contributed by atoms with Crippen LogP contribution in [0.1, 0.15) is 6.42 Å². The molecule has 0 aromatic carbocycles. The van der Waals surface area contributed by atoms with Crippen molar-refractivity contribution in [3.8, 4) is 0 Å². The second-order valence-corrected chi connectivity index (χ2v) is 1.34. The summed E-state index contributed by atoms with van der Waals surface area (Å²) >= 11 is 0. The van der Waals surface area contributed by atoms with E-state index in [1.165, 1.54) is 0 Å². The van der Waals surface area contributed by atoms with Crippen LogP contribution in [0.25, 0.3) is 0 Å². The molecule has 3 heteroatoms. The van der Waals surface area contributed by atoms with Crippen molar-refractivity contribution in [1.29, 1.82) is 0 Å². The highest BCUT2D eigenvalue weighted by molar-refractivity contribution is 5.51. The highest BCUT2D eigenvalue weighted by Crippen LogP contribution is 1.75. The van der Waals surface area contributed by atoms with Crippen LogP contribution in [0.4, 0.5) is 0 Å². The number of nitrogens with two attached hydrogens (primary N) is 2. The lowest BCUT2D eigenvalue weighted by Gasteiger charge is -1.98. The number of hydrogen-bond donors (Lipinski definition) is 2. The molecule has 0 aliphatic carbocycles. The van der Waals surface area contributed by atoms with Crippen molar-refractivity contribution < 1.29 is 4.79 Å². The van der Waals surface area contributed by atoms with E-state index in [2.05, 4.69) is 0 Å². The van der Waals surface area contributed by atoms with Crippen molar-refractivity contribution in [3.63, 3.8) is 0 Å². The Bertz CT molecular complexity index is 55.7. The summed E-state index contributed by atoms with van der Waals surface area (Å²) in [5, 5.41) is 0. The molecule has 0 aliphatic rings. The monoisotopic (exact) mass is 101 g/mol. The molecule has 1 radical (unpaired) electrons. The Morgan fingerprint density at radius 2 is 2.29 bits per heavy atom. The number of rotatable bonds is 3. The Morgan fingerprint density at radius 3 is 2.43 bits per heavy atom. The van der Waals surface area contributed by atoms with Gasteiger partial charge in [-0.1, -0.05) is 0 Å². The van der Waals surface area contributed by atoms with Crippen LogP contribution in [-0.4, -0.2) is 18.9 Å². The highest BCUT2D eigenvalue weighted by Gasteiger charge is 1.94. The summed E-state index contributed by atoms with van der Waals surface area (Å²) in [6.07, 6.45) is 1.91. The molecule has 3 nitrogen and oxygen atoms in total. The van der Waals surface area contributed by atoms with Crippen molar-refractivity contribution in [2.75, 3.05) is 6.54 Å². The molecule has 7 heavy (non-hydrogen) atoms. The third-order valence-corrected chi connectivity index (χ3v) is 0.648. The SMILES string of the molecule is NCC(N)C[C]=O. The first kappa shape index (κ1) is 6.59. The first-order valence-electron chi connectivity index (χ1n) is 2.12. The molecule has 0 fully saturated rings. The van der Waals surface area contributed by atoms with Gasteiger partial charge in [-0.2, -0.15) is 0 Å². The Kier molecular flexibility index (Phi) is 3.55. The molecule has 1 unspecified atom stereocenters. The molecule has 0 aliphatic heterocycles. The molecule has 0 bridgehead atoms. The topological polar surface area (TPSA) is 69.1 Å². The average Bonchev–Trinajstić information content (AvgIpc) is 1.68. The van der Waals surface area contributed by atoms with E-state index >= 15 is 0 Å². The van der Waals surface area contributed by atoms with Gasteiger partial charge < -0.3 is 11.5 Å². The van der Waals surface area contributed by atoms with Gasteiger partial charge in [0.1, 0.15) is 0 Å². The van der Waals surface area contributed by atoms with Gasteiger partial charge >= 0.3 is 0 Å². The maximum absolute atomic E-state index is 9.51. The third-order valence-electron chi connectivity index (χ3n) is 0.648. The Labute approximate surface area is 42.7 Å². The van der Waals surface area contributed by atoms with Gasteiger partial charge in [-0.15, -0.1) is 0 Å². The standard InChI is InChI=1S/C4H9N2O/c5-3-4(6)1-2-7/h4H,1,3,5-6H2. The molecule has 0 heterocycles. The molecule has 41 valence electrons. The van der Waals surface area contributed by atoms with Gasteiger partial charge in [0.05, 0.1) is 0 Å². The Balaban J connectivity index is 2.98. The molecule has 1 atom stereocenters. The summed E-state index contributed by atoms with van der Waals surface area (Å²) < 4.78 is 0. The van der Waals surface area contributed by atoms with E-state index in [9.17, 15) is 4.79 Å². The smallest absolute Gasteiger partial charge is 0.200 e. The van der Waals surface area contributed by atoms with Crippen LogP contribution in [0, 0.1) is 0 Å². The molecule has 0 rings (SSSR count). The van der Waals surface area contributed by atoms with Crippen LogP contribution in [0.2, 0.25) is 0 Å². The van der Waals surface area contributed by atoms with Crippen LogP contribution in [-0.2, 0) is 4.79 Å². The molecule has 0 aromatic rings. The van der Waals surface area contributed by atoms with Gasteiger partial charge in [0.15, 0.2) is 6.29 Å². The molecule has 4 N–H and O–H groups in total. The first-order valence-corrected chi connectivity index (χ1v) is 2.12. The van der Waals surface area contributed by atoms with Gasteiger partial charge in [-0.3, -0.25) is 4.79 Å². The molecular formula is C4H9N2O. The lowest BCUT2D eigenvalue weighted by molar-refractivity contribution is 0.541. The number of carbonyl (C=O) groups excluding carboxylic acids is 1. The quantitative estimate of drug-likeness (QED) is 0.467. The fourth-order valence-corrected chi connectivity index (χ4v) is 0.190. The van der Waals surface area contributed by atoms with Crippen molar-refractivity contribution in [2.45, 2.75) is 12.5 Å². The summed E-state index contributed by atoms with van der Waals surface area (Å²) in [6.45, 7) is 0.356. The van der Waals surface area contributed by atoms with E-state index in [0.717, 1.165) is 0 Å². The van der Waals surface area contributed by atoms with Crippen molar-refractivity contribution in [1.82, 2.24) is 0 Å². The third kappa shape index (κ3) is 3.42. The predicted octanol–water partition coefficient (Wildman–Crippen LogP) is -1.23. The second kappa shape index (κ2) is 3.77. The second-order valence-electron chi connectivity index (χ2n) is 1.34. The van der Waals surface area contributed by atoms with Gasteiger partial charge in [0.2, 0.25) is 0 Å². The lowest BCUT2D eigenvalue weighted by atomic mass is 10.2. The summed E-state index contributed by atoms with van der Waals surface area (Å²) in [4.78, 5) is 9.51. The zero-order chi connectivity index (χ0) is 5.70. The van der Waals surface area contributed by atoms with E-state index in [-0.39, 0.29) is 12.5 Å². The first-order chi connectivity index (χ1) is 3.31. The van der Waals surface area contributed by atoms with Gasteiger partial charge in [0, 0.05) is 19.0 Å². The number of hydrogen-bond acceptors (Lipinski definition) is 3. The molecular weight excluding hydrogens is 92.1 g/mol. The van der Waals surface area contributed by atoms with E-state index < -0.39 is 0 Å². The average molecular weight is 101 g/mol. The highest BCUT2D eigenvalue weighted by atomic mass is 16.1.